The molecule has 0 bridgehead atoms. The molecule has 5 aliphatic rings. The van der Waals surface area contributed by atoms with Crippen LogP contribution in [-0.4, -0.2) is 6.10 Å². The Morgan fingerprint density at radius 3 is 2.13 bits per heavy atom. The van der Waals surface area contributed by atoms with Crippen LogP contribution in [0.2, 0.25) is 0 Å². The van der Waals surface area contributed by atoms with Crippen LogP contribution in [0.25, 0.3) is 0 Å². The van der Waals surface area contributed by atoms with Crippen molar-refractivity contribution in [2.24, 2.45) is 65.8 Å². The van der Waals surface area contributed by atoms with Gasteiger partial charge in [0.05, 0.1) is 6.10 Å². The third kappa shape index (κ3) is 6.72. The Balaban J connectivity index is 1.26. The van der Waals surface area contributed by atoms with E-state index in [2.05, 4.69) is 48.2 Å². The summed E-state index contributed by atoms with van der Waals surface area (Å²) < 4.78 is 19.1. The lowest BCUT2D eigenvalue weighted by Crippen LogP contribution is -2.54. The molecule has 4 nitrogen and oxygen atoms in total. The zero-order valence-electron chi connectivity index (χ0n) is 24.1. The van der Waals surface area contributed by atoms with E-state index < -0.39 is 18.6 Å². The lowest BCUT2D eigenvalue weighted by molar-refractivity contribution is -0.126. The van der Waals surface area contributed by atoms with Crippen LogP contribution in [0.4, 0.5) is 0 Å². The van der Waals surface area contributed by atoms with Crippen LogP contribution in [-0.2, 0) is 4.52 Å². The summed E-state index contributed by atoms with van der Waals surface area (Å²) >= 11 is 32.0. The lowest BCUT2D eigenvalue weighted by Gasteiger charge is -2.61. The van der Waals surface area contributed by atoms with Gasteiger partial charge >= 0.3 is 0 Å². The summed E-state index contributed by atoms with van der Waals surface area (Å²) in [5.41, 5.74) is 0.897. The second-order valence-corrected chi connectivity index (χ2v) is 27.5. The maximum Gasteiger partial charge on any atom is 0.299 e. The maximum atomic E-state index is 6.77. The zero-order chi connectivity index (χ0) is 28.4. The van der Waals surface area contributed by atoms with Gasteiger partial charge in [-0.2, -0.15) is 13.5 Å². The number of hydrogen-bond donors (Lipinski definition) is 0. The van der Waals surface area contributed by atoms with E-state index in [1.54, 1.807) is 0 Å². The molecule has 39 heavy (non-hydrogen) atoms. The molecule has 1 unspecified atom stereocenters. The summed E-state index contributed by atoms with van der Waals surface area (Å²) in [4.78, 5) is 0. The van der Waals surface area contributed by atoms with Gasteiger partial charge in [-0.15, -0.1) is 0 Å². The van der Waals surface area contributed by atoms with E-state index in [9.17, 15) is 0 Å². The van der Waals surface area contributed by atoms with Crippen molar-refractivity contribution < 1.29 is 4.52 Å². The van der Waals surface area contributed by atoms with Gasteiger partial charge < -0.3 is 4.52 Å². The Labute approximate surface area is 261 Å². The van der Waals surface area contributed by atoms with E-state index in [0.29, 0.717) is 16.7 Å². The summed E-state index contributed by atoms with van der Waals surface area (Å²) in [6, 6.07) is 0. The SMILES string of the molecule is CC(C)CCC[C@@H](C)[C@H]1CC[C@H]2[C@@H]3CC[C@H]4C[C@@H](OP5(Cl)=NP(Cl)(Cl)=NP(Cl)(Cl)=N5)CC[C@]4(C)[C@H]3CC[C@]12C. The summed E-state index contributed by atoms with van der Waals surface area (Å²) in [5, 5.41) is 0. The van der Waals surface area contributed by atoms with Gasteiger partial charge in [0.1, 0.15) is 0 Å². The highest BCUT2D eigenvalue weighted by Gasteiger charge is 2.60. The van der Waals surface area contributed by atoms with Gasteiger partial charge in [-0.25, -0.2) is 0 Å². The lowest BCUT2D eigenvalue weighted by atomic mass is 9.44. The monoisotopic (exact) mass is 697 g/mol. The van der Waals surface area contributed by atoms with Gasteiger partial charge in [0.2, 0.25) is 0 Å². The Kier molecular flexibility index (Phi) is 9.83. The highest BCUT2D eigenvalue weighted by molar-refractivity contribution is 8.22. The van der Waals surface area contributed by atoms with Gasteiger partial charge in [0, 0.05) is 0 Å². The average molecular weight is 700 g/mol. The molecular formula is C27H47Cl5N3OP3. The van der Waals surface area contributed by atoms with Gasteiger partial charge in [0.15, 0.2) is 0 Å². The van der Waals surface area contributed by atoms with E-state index in [-0.39, 0.29) is 6.10 Å². The van der Waals surface area contributed by atoms with Crippen LogP contribution in [0.15, 0.2) is 13.5 Å². The fourth-order valence-electron chi connectivity index (χ4n) is 10.0. The first-order valence-electron chi connectivity index (χ1n) is 15.1. The van der Waals surface area contributed by atoms with Crippen molar-refractivity contribution in [3.8, 4) is 0 Å². The third-order valence-corrected chi connectivity index (χ3v) is 23.9. The maximum absolute atomic E-state index is 6.77. The molecule has 4 saturated carbocycles. The van der Waals surface area contributed by atoms with Crippen LogP contribution in [0.3, 0.4) is 0 Å². The fraction of sp³-hybridized carbons (Fsp3) is 1.00. The van der Waals surface area contributed by atoms with E-state index in [0.717, 1.165) is 54.8 Å². The average Bonchev–Trinajstić information content (AvgIpc) is 3.13. The third-order valence-electron chi connectivity index (χ3n) is 11.8. The molecule has 0 aromatic heterocycles. The largest absolute Gasteiger partial charge is 0.312 e. The summed E-state index contributed by atoms with van der Waals surface area (Å²) in [5.74, 6) is -0.336. The van der Waals surface area contributed by atoms with Gasteiger partial charge in [-0.3, -0.25) is 0 Å². The van der Waals surface area contributed by atoms with Crippen LogP contribution >= 0.6 is 74.8 Å². The molecule has 0 amide bonds. The Bertz CT molecular complexity index is 1100. The molecule has 0 saturated heterocycles. The summed E-state index contributed by atoms with van der Waals surface area (Å²) in [7, 11) is 0. The van der Waals surface area contributed by atoms with Crippen LogP contribution in [0, 0.1) is 52.3 Å². The molecular weight excluding hydrogens is 653 g/mol. The second-order valence-electron chi connectivity index (χ2n) is 14.3. The van der Waals surface area contributed by atoms with Crippen molar-refractivity contribution in [1.29, 1.82) is 0 Å². The van der Waals surface area contributed by atoms with Crippen molar-refractivity contribution in [2.75, 3.05) is 0 Å². The predicted octanol–water partition coefficient (Wildman–Crippen LogP) is 14.5. The smallest absolute Gasteiger partial charge is 0.299 e. The Morgan fingerprint density at radius 2 is 1.44 bits per heavy atom. The molecule has 1 heterocycles. The fourth-order valence-corrected chi connectivity index (χ4v) is 26.9. The van der Waals surface area contributed by atoms with Gasteiger partial charge in [-0.1, -0.05) is 53.9 Å². The highest BCUT2D eigenvalue weighted by Crippen LogP contribution is 2.87. The molecule has 1 aliphatic heterocycles. The Hall–Kier alpha value is 2.10. The molecule has 0 aromatic carbocycles. The zero-order valence-corrected chi connectivity index (χ0v) is 30.5. The highest BCUT2D eigenvalue weighted by atomic mass is 35.9. The molecule has 5 rings (SSSR count). The number of fused-ring (bicyclic) bond motifs is 5. The topological polar surface area (TPSA) is 46.3 Å². The van der Waals surface area contributed by atoms with Crippen molar-refractivity contribution in [1.82, 2.24) is 0 Å². The molecule has 0 spiro atoms. The van der Waals surface area contributed by atoms with Crippen LogP contribution in [0.1, 0.15) is 112 Å². The number of nitrogens with zero attached hydrogens (tertiary/aromatic N) is 3. The summed E-state index contributed by atoms with van der Waals surface area (Å²) in [6.45, 7) is 9.43. The first kappa shape index (κ1) is 32.5. The Morgan fingerprint density at radius 1 is 0.769 bits per heavy atom. The number of rotatable bonds is 7. The van der Waals surface area contributed by atoms with Gasteiger partial charge in [0.25, 0.3) is 18.6 Å². The van der Waals surface area contributed by atoms with E-state index in [1.165, 1.54) is 57.8 Å². The van der Waals surface area contributed by atoms with E-state index in [4.69, 9.17) is 60.7 Å². The van der Waals surface area contributed by atoms with Crippen molar-refractivity contribution >= 4 is 74.8 Å². The number of hydrogen-bond acceptors (Lipinski definition) is 4. The molecule has 12 heteroatoms. The quantitative estimate of drug-likeness (QED) is 0.244. The second kappa shape index (κ2) is 11.8. The molecule has 4 aliphatic carbocycles. The minimum Gasteiger partial charge on any atom is -0.312 e. The molecule has 4 fully saturated rings. The molecule has 0 aromatic rings. The minimum absolute atomic E-state index is 0.0193. The van der Waals surface area contributed by atoms with Crippen molar-refractivity contribution in [3.63, 3.8) is 0 Å². The standard InChI is InChI=1S/C27H47Cl5N3OP3/c1-18(2)7-6-8-19(3)23-11-12-24-22-10-9-20-17-21(13-15-26(20,4)25(22)14-16-27(23,24)5)36-39(32)34-37(28,29)33-38(30,31)35-39/h18-25H,6-17H2,1-5H3/t19-,20+,21+,22+,23-,24+,25+,26+,27-/m1/s1. The first-order chi connectivity index (χ1) is 18.1. The van der Waals surface area contributed by atoms with Crippen LogP contribution < -0.4 is 0 Å². The molecule has 226 valence electrons. The minimum atomic E-state index is -3.13. The van der Waals surface area contributed by atoms with E-state index >= 15 is 0 Å². The molecule has 10 atom stereocenters. The van der Waals surface area contributed by atoms with Crippen molar-refractivity contribution in [2.45, 2.75) is 118 Å². The normalized spacial score (nSPS) is 47.2. The predicted molar refractivity (Wildman–Crippen MR) is 175 cm³/mol. The first-order valence-corrected chi connectivity index (χ1v) is 24.7. The van der Waals surface area contributed by atoms with E-state index in [1.807, 2.05) is 0 Å². The van der Waals surface area contributed by atoms with Gasteiger partial charge in [-0.05, 0) is 166 Å². The summed E-state index contributed by atoms with van der Waals surface area (Å²) in [6.07, 6.45) is 15.6. The molecule has 0 radical (unpaired) electrons. The van der Waals surface area contributed by atoms with Crippen LogP contribution in [0.5, 0.6) is 0 Å². The van der Waals surface area contributed by atoms with Crippen molar-refractivity contribution in [3.05, 3.63) is 0 Å². The number of halogens is 5. The molecule has 0 N–H and O–H groups in total.